The molecule has 0 atom stereocenters. The summed E-state index contributed by atoms with van der Waals surface area (Å²) in [6, 6.07) is 2.54. The number of sulfonamides is 1. The molecule has 0 unspecified atom stereocenters. The van der Waals surface area contributed by atoms with E-state index in [1.165, 1.54) is 33.3 Å². The Bertz CT molecular complexity index is 598. The van der Waals surface area contributed by atoms with Crippen LogP contribution in [0.2, 0.25) is 0 Å². The van der Waals surface area contributed by atoms with Crippen molar-refractivity contribution in [1.29, 1.82) is 0 Å². The van der Waals surface area contributed by atoms with Gasteiger partial charge < -0.3 is 25.4 Å². The van der Waals surface area contributed by atoms with Crippen LogP contribution in [0.5, 0.6) is 11.5 Å². The quantitative estimate of drug-likeness (QED) is 0.489. The molecular weight excluding hydrogens is 300 g/mol. The van der Waals surface area contributed by atoms with Gasteiger partial charge in [0, 0.05) is 6.07 Å². The monoisotopic (exact) mass is 320 g/mol. The first-order chi connectivity index (χ1) is 9.72. The zero-order valence-electron chi connectivity index (χ0n) is 12.1. The molecule has 5 N–H and O–H groups in total. The number of aliphatic hydroxyl groups is 2. The van der Waals surface area contributed by atoms with Gasteiger partial charge in [0.25, 0.3) is 0 Å². The molecule has 1 rings (SSSR count). The molecule has 21 heavy (non-hydrogen) atoms. The summed E-state index contributed by atoms with van der Waals surface area (Å²) >= 11 is 0. The summed E-state index contributed by atoms with van der Waals surface area (Å²) in [5.41, 5.74) is 4.42. The largest absolute Gasteiger partial charge is 0.495 e. The minimum Gasteiger partial charge on any atom is -0.495 e. The third-order valence-electron chi connectivity index (χ3n) is 2.88. The minimum absolute atomic E-state index is 0.0341. The minimum atomic E-state index is -4.06. The van der Waals surface area contributed by atoms with Crippen molar-refractivity contribution in [3.63, 3.8) is 0 Å². The van der Waals surface area contributed by atoms with E-state index in [-0.39, 0.29) is 22.1 Å². The van der Waals surface area contributed by atoms with Gasteiger partial charge in [0.15, 0.2) is 0 Å². The number of methoxy groups -OCH3 is 2. The summed E-state index contributed by atoms with van der Waals surface area (Å²) in [4.78, 5) is -0.212. The molecule has 1 aromatic rings. The molecule has 120 valence electrons. The Kier molecular flexibility index (Phi) is 5.40. The van der Waals surface area contributed by atoms with Crippen molar-refractivity contribution in [2.45, 2.75) is 17.4 Å². The Morgan fingerprint density at radius 3 is 2.14 bits per heavy atom. The fraction of sp³-hybridized carbons (Fsp3) is 0.500. The lowest BCUT2D eigenvalue weighted by atomic mass is 10.1. The van der Waals surface area contributed by atoms with Crippen LogP contribution in [0.25, 0.3) is 0 Å². The summed E-state index contributed by atoms with van der Waals surface area (Å²) in [6.45, 7) is 0.220. The number of nitrogens with two attached hydrogens (primary N) is 1. The predicted molar refractivity (Wildman–Crippen MR) is 76.9 cm³/mol. The lowest BCUT2D eigenvalue weighted by Crippen LogP contribution is -2.51. The van der Waals surface area contributed by atoms with E-state index in [1.54, 1.807) is 0 Å². The molecule has 0 fully saturated rings. The Labute approximate surface area is 123 Å². The van der Waals surface area contributed by atoms with Crippen molar-refractivity contribution in [2.24, 2.45) is 0 Å². The highest BCUT2D eigenvalue weighted by atomic mass is 32.2. The van der Waals surface area contributed by atoms with Gasteiger partial charge in [-0.1, -0.05) is 0 Å². The van der Waals surface area contributed by atoms with Crippen LogP contribution in [0, 0.1) is 0 Å². The summed E-state index contributed by atoms with van der Waals surface area (Å²) in [6.07, 6.45) is 0. The molecule has 0 aliphatic rings. The van der Waals surface area contributed by atoms with E-state index in [1.807, 2.05) is 0 Å². The van der Waals surface area contributed by atoms with Crippen LogP contribution in [0.1, 0.15) is 6.92 Å². The van der Waals surface area contributed by atoms with Crippen molar-refractivity contribution in [2.75, 3.05) is 33.2 Å². The number of rotatable bonds is 7. The molecular formula is C12H20N2O6S. The van der Waals surface area contributed by atoms with Crippen LogP contribution in [0.4, 0.5) is 5.69 Å². The van der Waals surface area contributed by atoms with E-state index in [0.717, 1.165) is 0 Å². The van der Waals surface area contributed by atoms with Crippen molar-refractivity contribution in [3.05, 3.63) is 12.1 Å². The SMILES string of the molecule is COc1cc(OC)c(S(=O)(=O)NC(C)(CO)CO)cc1N. The number of ether oxygens (including phenoxy) is 2. The lowest BCUT2D eigenvalue weighted by molar-refractivity contribution is 0.121. The molecule has 0 saturated carbocycles. The standard InChI is InChI=1S/C12H20N2O6S/c1-12(6-15,7-16)14-21(17,18)11-4-8(13)9(19-2)5-10(11)20-3/h4-5,14-16H,6-7,13H2,1-3H3. The van der Waals surface area contributed by atoms with Crippen LogP contribution < -0.4 is 19.9 Å². The average Bonchev–Trinajstić information content (AvgIpc) is 2.46. The predicted octanol–water partition coefficient (Wildman–Crippen LogP) is -0.692. The Morgan fingerprint density at radius 2 is 1.71 bits per heavy atom. The second-order valence-electron chi connectivity index (χ2n) is 4.73. The molecule has 0 saturated heterocycles. The van der Waals surface area contributed by atoms with E-state index in [9.17, 15) is 18.6 Å². The molecule has 8 nitrogen and oxygen atoms in total. The fourth-order valence-corrected chi connectivity index (χ4v) is 3.17. The first kappa shape index (κ1) is 17.5. The summed E-state index contributed by atoms with van der Waals surface area (Å²) in [5.74, 6) is 0.310. The third-order valence-corrected chi connectivity index (χ3v) is 4.54. The number of aliphatic hydroxyl groups excluding tert-OH is 2. The molecule has 0 aliphatic heterocycles. The smallest absolute Gasteiger partial charge is 0.244 e. The summed E-state index contributed by atoms with van der Waals surface area (Å²) in [7, 11) is -1.36. The topological polar surface area (TPSA) is 131 Å². The molecule has 0 amide bonds. The van der Waals surface area contributed by atoms with Gasteiger partial charge in [-0.15, -0.1) is 0 Å². The van der Waals surface area contributed by atoms with Crippen LogP contribution in [-0.4, -0.2) is 51.6 Å². The van der Waals surface area contributed by atoms with Crippen molar-refractivity contribution < 1.29 is 28.1 Å². The third kappa shape index (κ3) is 3.76. The zero-order valence-corrected chi connectivity index (χ0v) is 12.9. The van der Waals surface area contributed by atoms with E-state index >= 15 is 0 Å². The van der Waals surface area contributed by atoms with Crippen molar-refractivity contribution in [1.82, 2.24) is 4.72 Å². The molecule has 9 heteroatoms. The van der Waals surface area contributed by atoms with Gasteiger partial charge in [0.1, 0.15) is 16.4 Å². The van der Waals surface area contributed by atoms with Gasteiger partial charge in [0.05, 0.1) is 38.7 Å². The van der Waals surface area contributed by atoms with Gasteiger partial charge in [-0.2, -0.15) is 0 Å². The molecule has 0 spiro atoms. The number of anilines is 1. The lowest BCUT2D eigenvalue weighted by Gasteiger charge is -2.26. The molecule has 1 aromatic carbocycles. The maximum atomic E-state index is 12.4. The van der Waals surface area contributed by atoms with Gasteiger partial charge in [-0.3, -0.25) is 0 Å². The van der Waals surface area contributed by atoms with Gasteiger partial charge in [-0.05, 0) is 13.0 Å². The Morgan fingerprint density at radius 1 is 1.19 bits per heavy atom. The highest BCUT2D eigenvalue weighted by Crippen LogP contribution is 2.34. The van der Waals surface area contributed by atoms with Crippen molar-refractivity contribution >= 4 is 15.7 Å². The first-order valence-electron chi connectivity index (χ1n) is 6.00. The second kappa shape index (κ2) is 6.48. The Hall–Kier alpha value is -1.55. The molecule has 0 radical (unpaired) electrons. The summed E-state index contributed by atoms with van der Waals surface area (Å²) < 4.78 is 37.0. The highest BCUT2D eigenvalue weighted by molar-refractivity contribution is 7.89. The normalized spacial score (nSPS) is 12.2. The highest BCUT2D eigenvalue weighted by Gasteiger charge is 2.32. The number of benzene rings is 1. The number of nitrogens with one attached hydrogen (secondary N) is 1. The Balaban J connectivity index is 3.34. The van der Waals surface area contributed by atoms with E-state index < -0.39 is 28.8 Å². The van der Waals surface area contributed by atoms with Crippen LogP contribution in [0.3, 0.4) is 0 Å². The van der Waals surface area contributed by atoms with Crippen LogP contribution in [-0.2, 0) is 10.0 Å². The first-order valence-corrected chi connectivity index (χ1v) is 7.48. The fourth-order valence-electron chi connectivity index (χ4n) is 1.60. The molecule has 0 bridgehead atoms. The van der Waals surface area contributed by atoms with Gasteiger partial charge >= 0.3 is 0 Å². The van der Waals surface area contributed by atoms with Crippen LogP contribution >= 0.6 is 0 Å². The average molecular weight is 320 g/mol. The van der Waals surface area contributed by atoms with E-state index in [2.05, 4.69) is 4.72 Å². The molecule has 0 heterocycles. The molecule has 0 aromatic heterocycles. The van der Waals surface area contributed by atoms with Crippen LogP contribution in [0.15, 0.2) is 17.0 Å². The number of nitrogen functional groups attached to an aromatic ring is 1. The van der Waals surface area contributed by atoms with E-state index in [4.69, 9.17) is 15.2 Å². The maximum Gasteiger partial charge on any atom is 0.244 e. The number of hydrogen-bond donors (Lipinski definition) is 4. The zero-order chi connectivity index (χ0) is 16.3. The van der Waals surface area contributed by atoms with Gasteiger partial charge in [0.2, 0.25) is 10.0 Å². The summed E-state index contributed by atoms with van der Waals surface area (Å²) in [5, 5.41) is 18.4. The maximum absolute atomic E-state index is 12.4. The number of hydrogen-bond acceptors (Lipinski definition) is 7. The van der Waals surface area contributed by atoms with Crippen molar-refractivity contribution in [3.8, 4) is 11.5 Å². The molecule has 0 aliphatic carbocycles. The second-order valence-corrected chi connectivity index (χ2v) is 6.38. The van der Waals surface area contributed by atoms with Gasteiger partial charge in [-0.25, -0.2) is 13.1 Å². The van der Waals surface area contributed by atoms with E-state index in [0.29, 0.717) is 0 Å².